The van der Waals surface area contributed by atoms with Gasteiger partial charge in [-0.25, -0.2) is 4.98 Å². The van der Waals surface area contributed by atoms with Crippen molar-refractivity contribution in [2.45, 2.75) is 18.0 Å². The smallest absolute Gasteiger partial charge is 0.260 e. The lowest BCUT2D eigenvalue weighted by Gasteiger charge is -2.27. The van der Waals surface area contributed by atoms with Crippen LogP contribution in [-0.2, 0) is 5.92 Å². The summed E-state index contributed by atoms with van der Waals surface area (Å²) in [6, 6.07) is 0. The van der Waals surface area contributed by atoms with E-state index >= 15 is 0 Å². The quantitative estimate of drug-likeness (QED) is 0.750. The Morgan fingerprint density at radius 2 is 1.56 bits per heavy atom. The monoisotopic (exact) mass is 247 g/mol. The molecule has 0 aromatic carbocycles. The van der Waals surface area contributed by atoms with E-state index in [1.165, 1.54) is 0 Å². The molecule has 1 aromatic heterocycles. The summed E-state index contributed by atoms with van der Waals surface area (Å²) in [5.74, 6) is -11.7. The van der Waals surface area contributed by atoms with Gasteiger partial charge in [-0.3, -0.25) is 4.98 Å². The maximum Gasteiger partial charge on any atom is 0.460 e. The zero-order chi connectivity index (χ0) is 12.6. The summed E-state index contributed by atoms with van der Waals surface area (Å²) in [6.07, 6.45) is -3.87. The topological polar surface area (TPSA) is 25.8 Å². The molecule has 0 saturated carbocycles. The molecule has 0 aliphatic carbocycles. The maximum absolute atomic E-state index is 12.8. The average molecular weight is 247 g/mol. The molecule has 0 amide bonds. The van der Waals surface area contributed by atoms with Gasteiger partial charge in [0.15, 0.2) is 0 Å². The summed E-state index contributed by atoms with van der Waals surface area (Å²) in [6.45, 7) is 0. The molecule has 1 aromatic rings. The number of rotatable bonds is 2. The highest BCUT2D eigenvalue weighted by Gasteiger charge is 2.74. The molecule has 89 valence electrons. The van der Waals surface area contributed by atoms with Crippen molar-refractivity contribution in [3.8, 4) is 0 Å². The van der Waals surface area contributed by atoms with Gasteiger partial charge in [-0.15, -0.1) is 0 Å². The van der Waals surface area contributed by atoms with Crippen LogP contribution in [0.1, 0.15) is 5.69 Å². The molecule has 0 aliphatic rings. The van der Waals surface area contributed by atoms with E-state index in [9.17, 15) is 30.7 Å². The lowest BCUT2D eigenvalue weighted by atomic mass is 10.1. The van der Waals surface area contributed by atoms with E-state index in [0.29, 0.717) is 0 Å². The third kappa shape index (κ3) is 1.81. The summed E-state index contributed by atoms with van der Waals surface area (Å²) < 4.78 is 85.7. The number of halogens is 7. The highest BCUT2D eigenvalue weighted by molar-refractivity contribution is 5.10. The van der Waals surface area contributed by atoms with E-state index in [1.807, 2.05) is 0 Å². The Morgan fingerprint density at radius 1 is 1.00 bits per heavy atom. The molecule has 2 nitrogen and oxygen atoms in total. The Morgan fingerprint density at radius 3 is 1.94 bits per heavy atom. The van der Waals surface area contributed by atoms with Crippen molar-refractivity contribution in [2.75, 3.05) is 0 Å². The minimum atomic E-state index is -6.38. The predicted octanol–water partition coefficient (Wildman–Crippen LogP) is 2.57. The van der Waals surface area contributed by atoms with Crippen LogP contribution in [0.3, 0.4) is 0 Å². The second-order valence-electron chi connectivity index (χ2n) is 2.68. The van der Waals surface area contributed by atoms with Crippen molar-refractivity contribution in [1.29, 1.82) is 0 Å². The molecule has 0 unspecified atom stereocenters. The van der Waals surface area contributed by atoms with Crippen molar-refractivity contribution in [3.63, 3.8) is 0 Å². The Labute approximate surface area is 84.1 Å². The molecule has 1 radical (unpaired) electrons. The van der Waals surface area contributed by atoms with Gasteiger partial charge in [-0.05, 0) is 0 Å². The molecule has 0 atom stereocenters. The normalized spacial score (nSPS) is 13.9. The van der Waals surface area contributed by atoms with Gasteiger partial charge in [0.2, 0.25) is 0 Å². The van der Waals surface area contributed by atoms with Crippen molar-refractivity contribution in [1.82, 2.24) is 9.97 Å². The molecule has 0 aliphatic heterocycles. The van der Waals surface area contributed by atoms with Gasteiger partial charge in [0, 0.05) is 0 Å². The minimum Gasteiger partial charge on any atom is -0.260 e. The largest absolute Gasteiger partial charge is 0.460 e. The highest BCUT2D eigenvalue weighted by atomic mass is 19.4. The van der Waals surface area contributed by atoms with Gasteiger partial charge in [0.1, 0.15) is 11.9 Å². The third-order valence-corrected chi connectivity index (χ3v) is 1.59. The zero-order valence-corrected chi connectivity index (χ0v) is 7.19. The lowest BCUT2D eigenvalue weighted by molar-refractivity contribution is -0.360. The standard InChI is InChI=1S/C7H2F7N2/c8-5(9,4-3-15-1-2-16-4)6(10,11)7(12,13)14/h1,3H. The van der Waals surface area contributed by atoms with Crippen LogP contribution >= 0.6 is 0 Å². The van der Waals surface area contributed by atoms with E-state index in [1.54, 1.807) is 6.20 Å². The first-order valence-electron chi connectivity index (χ1n) is 3.61. The van der Waals surface area contributed by atoms with E-state index in [0.717, 1.165) is 6.20 Å². The molecular weight excluding hydrogens is 245 g/mol. The van der Waals surface area contributed by atoms with Crippen LogP contribution in [0.4, 0.5) is 30.7 Å². The van der Waals surface area contributed by atoms with Gasteiger partial charge in [-0.2, -0.15) is 30.7 Å². The van der Waals surface area contributed by atoms with Crippen LogP contribution in [0.2, 0.25) is 0 Å². The first kappa shape index (κ1) is 12.7. The number of hydrogen-bond donors (Lipinski definition) is 0. The van der Waals surface area contributed by atoms with Crippen LogP contribution < -0.4 is 0 Å². The first-order chi connectivity index (χ1) is 7.11. The molecule has 0 fully saturated rings. The fraction of sp³-hybridized carbons (Fsp3) is 0.429. The second-order valence-corrected chi connectivity index (χ2v) is 2.68. The zero-order valence-electron chi connectivity index (χ0n) is 7.19. The fourth-order valence-electron chi connectivity index (χ4n) is 0.759. The predicted molar refractivity (Wildman–Crippen MR) is 35.8 cm³/mol. The van der Waals surface area contributed by atoms with Gasteiger partial charge >= 0.3 is 18.0 Å². The van der Waals surface area contributed by atoms with E-state index in [2.05, 4.69) is 9.97 Å². The van der Waals surface area contributed by atoms with Crippen LogP contribution in [-0.4, -0.2) is 22.1 Å². The third-order valence-electron chi connectivity index (χ3n) is 1.59. The molecular formula is C7H2F7N2. The average Bonchev–Trinajstić information content (AvgIpc) is 2.17. The van der Waals surface area contributed by atoms with Crippen LogP contribution in [0.15, 0.2) is 12.4 Å². The van der Waals surface area contributed by atoms with Gasteiger partial charge in [-0.1, -0.05) is 0 Å². The van der Waals surface area contributed by atoms with Crippen molar-refractivity contribution >= 4 is 0 Å². The lowest BCUT2D eigenvalue weighted by Crippen LogP contribution is -2.50. The molecule has 0 spiro atoms. The number of nitrogens with zero attached hydrogens (tertiary/aromatic N) is 2. The number of alkyl halides is 7. The van der Waals surface area contributed by atoms with Gasteiger partial charge in [0.05, 0.1) is 12.4 Å². The SMILES string of the molecule is FC(F)(F)C(F)(F)C(F)(F)c1cnc[c]n1. The summed E-state index contributed by atoms with van der Waals surface area (Å²) in [5, 5.41) is 0. The van der Waals surface area contributed by atoms with E-state index in [-0.39, 0.29) is 6.20 Å². The van der Waals surface area contributed by atoms with Crippen LogP contribution in [0, 0.1) is 6.20 Å². The molecule has 9 heteroatoms. The Bertz CT molecular complexity index is 359. The summed E-state index contributed by atoms with van der Waals surface area (Å²) in [5.41, 5.74) is -1.79. The molecule has 1 heterocycles. The first-order valence-corrected chi connectivity index (χ1v) is 3.61. The molecule has 0 saturated heterocycles. The second kappa shape index (κ2) is 3.56. The van der Waals surface area contributed by atoms with Crippen molar-refractivity contribution in [3.05, 3.63) is 24.3 Å². The van der Waals surface area contributed by atoms with Crippen molar-refractivity contribution in [2.24, 2.45) is 0 Å². The van der Waals surface area contributed by atoms with E-state index in [4.69, 9.17) is 0 Å². The van der Waals surface area contributed by atoms with E-state index < -0.39 is 23.7 Å². The van der Waals surface area contributed by atoms with Crippen LogP contribution in [0.25, 0.3) is 0 Å². The number of aromatic nitrogens is 2. The summed E-state index contributed by atoms with van der Waals surface area (Å²) >= 11 is 0. The summed E-state index contributed by atoms with van der Waals surface area (Å²) in [4.78, 5) is 5.56. The fourth-order valence-corrected chi connectivity index (χ4v) is 0.759. The molecule has 16 heavy (non-hydrogen) atoms. The Kier molecular flexibility index (Phi) is 2.82. The molecule has 1 rings (SSSR count). The summed E-state index contributed by atoms with van der Waals surface area (Å²) in [7, 11) is 0. The van der Waals surface area contributed by atoms with Gasteiger partial charge < -0.3 is 0 Å². The molecule has 0 bridgehead atoms. The molecule has 0 N–H and O–H groups in total. The highest BCUT2D eigenvalue weighted by Crippen LogP contribution is 2.50. The van der Waals surface area contributed by atoms with Gasteiger partial charge in [0.25, 0.3) is 0 Å². The van der Waals surface area contributed by atoms with Crippen LogP contribution in [0.5, 0.6) is 0 Å². The Hall–Kier alpha value is -1.41. The Balaban J connectivity index is 3.22. The minimum absolute atomic E-state index is 0.121. The van der Waals surface area contributed by atoms with Crippen molar-refractivity contribution < 1.29 is 30.7 Å². The maximum atomic E-state index is 12.8. The number of hydrogen-bond acceptors (Lipinski definition) is 2.